The van der Waals surface area contributed by atoms with E-state index in [-0.39, 0.29) is 11.2 Å². The van der Waals surface area contributed by atoms with Crippen LogP contribution in [0.25, 0.3) is 21.2 Å². The molecule has 2 aromatic carbocycles. The summed E-state index contributed by atoms with van der Waals surface area (Å²) in [5.74, 6) is 0.886. The van der Waals surface area contributed by atoms with Crippen molar-refractivity contribution < 1.29 is 4.42 Å². The fourth-order valence-electron chi connectivity index (χ4n) is 5.53. The van der Waals surface area contributed by atoms with Gasteiger partial charge in [-0.1, -0.05) is 55.9 Å². The zero-order chi connectivity index (χ0) is 26.4. The average Bonchev–Trinajstić information content (AvgIpc) is 3.48. The first-order chi connectivity index (χ1) is 18.4. The van der Waals surface area contributed by atoms with E-state index in [2.05, 4.69) is 39.0 Å². The maximum Gasteiger partial charge on any atom is 0.336 e. The standard InChI is InChI=1S/C31H30N2O3S2/c1-18(2)23-16-24-21(15-27(34)36-25(24)14-19(23)3)17-37-31-32-29-28(22-10-7-11-26(22)38-29)30(35)33(31)13-12-20-8-5-4-6-9-20/h4-6,8-9,14-16,18H,7,10-13,17H2,1-3H3. The van der Waals surface area contributed by atoms with E-state index in [1.165, 1.54) is 33.3 Å². The second kappa shape index (κ2) is 10.2. The Morgan fingerprint density at radius 1 is 1.11 bits per heavy atom. The zero-order valence-corrected chi connectivity index (χ0v) is 23.5. The third kappa shape index (κ3) is 4.63. The Hall–Kier alpha value is -3.16. The Morgan fingerprint density at radius 3 is 2.71 bits per heavy atom. The van der Waals surface area contributed by atoms with Gasteiger partial charge in [0, 0.05) is 28.6 Å². The van der Waals surface area contributed by atoms with Gasteiger partial charge >= 0.3 is 5.63 Å². The number of aromatic nitrogens is 2. The molecule has 0 N–H and O–H groups in total. The van der Waals surface area contributed by atoms with E-state index >= 15 is 0 Å². The number of hydrogen-bond acceptors (Lipinski definition) is 6. The van der Waals surface area contributed by atoms with Gasteiger partial charge in [-0.05, 0) is 78.5 Å². The van der Waals surface area contributed by atoms with Crippen molar-refractivity contribution in [1.29, 1.82) is 0 Å². The minimum Gasteiger partial charge on any atom is -0.423 e. The molecular formula is C31H30N2O3S2. The summed E-state index contributed by atoms with van der Waals surface area (Å²) in [6.45, 7) is 6.96. The Labute approximate surface area is 229 Å². The number of thiophene rings is 1. The summed E-state index contributed by atoms with van der Waals surface area (Å²) in [6.07, 6.45) is 3.85. The number of hydrogen-bond donors (Lipinski definition) is 0. The molecule has 0 saturated heterocycles. The van der Waals surface area contributed by atoms with Crippen LogP contribution in [0.3, 0.4) is 0 Å². The fraction of sp³-hybridized carbons (Fsp3) is 0.323. The van der Waals surface area contributed by atoms with Crippen molar-refractivity contribution in [3.63, 3.8) is 0 Å². The van der Waals surface area contributed by atoms with E-state index in [0.29, 0.717) is 29.0 Å². The molecule has 0 unspecified atom stereocenters. The van der Waals surface area contributed by atoms with Crippen LogP contribution in [0.1, 0.15) is 58.9 Å². The molecule has 5 nitrogen and oxygen atoms in total. The van der Waals surface area contributed by atoms with Gasteiger partial charge < -0.3 is 4.42 Å². The van der Waals surface area contributed by atoms with Gasteiger partial charge in [0.15, 0.2) is 5.16 Å². The van der Waals surface area contributed by atoms with Crippen molar-refractivity contribution >= 4 is 44.3 Å². The monoisotopic (exact) mass is 542 g/mol. The van der Waals surface area contributed by atoms with Gasteiger partial charge in [-0.2, -0.15) is 0 Å². The quantitative estimate of drug-likeness (QED) is 0.126. The summed E-state index contributed by atoms with van der Waals surface area (Å²) in [5.41, 5.74) is 5.96. The van der Waals surface area contributed by atoms with Gasteiger partial charge in [0.2, 0.25) is 0 Å². The van der Waals surface area contributed by atoms with Crippen LogP contribution >= 0.6 is 23.1 Å². The summed E-state index contributed by atoms with van der Waals surface area (Å²) in [7, 11) is 0. The van der Waals surface area contributed by atoms with Crippen molar-refractivity contribution in [3.05, 3.63) is 102 Å². The molecule has 1 aliphatic carbocycles. The number of nitrogens with zero attached hydrogens (tertiary/aromatic N) is 2. The number of fused-ring (bicyclic) bond motifs is 4. The molecule has 0 atom stereocenters. The first-order valence-electron chi connectivity index (χ1n) is 13.2. The molecule has 6 rings (SSSR count). The van der Waals surface area contributed by atoms with E-state index in [0.717, 1.165) is 52.4 Å². The highest BCUT2D eigenvalue weighted by Gasteiger charge is 2.23. The van der Waals surface area contributed by atoms with E-state index in [1.807, 2.05) is 28.8 Å². The molecule has 0 fully saturated rings. The average molecular weight is 543 g/mol. The lowest BCUT2D eigenvalue weighted by Gasteiger charge is -2.14. The highest BCUT2D eigenvalue weighted by Crippen LogP contribution is 2.36. The van der Waals surface area contributed by atoms with Gasteiger partial charge in [-0.25, -0.2) is 9.78 Å². The number of aryl methyl sites for hydroxylation is 4. The minimum absolute atomic E-state index is 0.0583. The largest absolute Gasteiger partial charge is 0.423 e. The van der Waals surface area contributed by atoms with Crippen LogP contribution in [-0.2, 0) is 31.6 Å². The van der Waals surface area contributed by atoms with E-state index < -0.39 is 0 Å². The highest BCUT2D eigenvalue weighted by atomic mass is 32.2. The van der Waals surface area contributed by atoms with Crippen LogP contribution in [0, 0.1) is 6.92 Å². The molecule has 0 aliphatic heterocycles. The Kier molecular flexibility index (Phi) is 6.74. The van der Waals surface area contributed by atoms with Crippen LogP contribution < -0.4 is 11.2 Å². The van der Waals surface area contributed by atoms with E-state index in [1.54, 1.807) is 17.4 Å². The molecule has 0 radical (unpaired) electrons. The molecule has 0 bridgehead atoms. The SMILES string of the molecule is Cc1cc2oc(=O)cc(CSc3nc4sc5c(c4c(=O)n3CCc3ccccc3)CCC5)c2cc1C(C)C. The Balaban J connectivity index is 1.41. The van der Waals surface area contributed by atoms with Crippen molar-refractivity contribution in [2.75, 3.05) is 0 Å². The summed E-state index contributed by atoms with van der Waals surface area (Å²) in [4.78, 5) is 33.5. The number of benzene rings is 2. The van der Waals surface area contributed by atoms with Gasteiger partial charge in [-0.15, -0.1) is 11.3 Å². The molecule has 5 aromatic rings. The van der Waals surface area contributed by atoms with Crippen LogP contribution in [0.4, 0.5) is 0 Å². The lowest BCUT2D eigenvalue weighted by Crippen LogP contribution is -2.24. The molecule has 194 valence electrons. The minimum atomic E-state index is -0.357. The number of thioether (sulfide) groups is 1. The van der Waals surface area contributed by atoms with Crippen LogP contribution in [0.15, 0.2) is 67.7 Å². The van der Waals surface area contributed by atoms with Crippen molar-refractivity contribution in [2.24, 2.45) is 0 Å². The molecular weight excluding hydrogens is 512 g/mol. The summed E-state index contributed by atoms with van der Waals surface area (Å²) in [6, 6.07) is 15.9. The van der Waals surface area contributed by atoms with Crippen LogP contribution in [0.5, 0.6) is 0 Å². The summed E-state index contributed by atoms with van der Waals surface area (Å²) < 4.78 is 7.41. The smallest absolute Gasteiger partial charge is 0.336 e. The molecule has 38 heavy (non-hydrogen) atoms. The van der Waals surface area contributed by atoms with Gasteiger partial charge in [0.1, 0.15) is 10.4 Å². The summed E-state index contributed by atoms with van der Waals surface area (Å²) in [5, 5.41) is 2.46. The Morgan fingerprint density at radius 2 is 1.92 bits per heavy atom. The van der Waals surface area contributed by atoms with Crippen molar-refractivity contribution in [3.8, 4) is 0 Å². The lowest BCUT2D eigenvalue weighted by atomic mass is 9.95. The van der Waals surface area contributed by atoms with Crippen molar-refractivity contribution in [1.82, 2.24) is 9.55 Å². The molecule has 3 aromatic heterocycles. The topological polar surface area (TPSA) is 65.1 Å². The highest BCUT2D eigenvalue weighted by molar-refractivity contribution is 7.98. The molecule has 0 spiro atoms. The predicted molar refractivity (Wildman–Crippen MR) is 157 cm³/mol. The van der Waals surface area contributed by atoms with Gasteiger partial charge in [-0.3, -0.25) is 9.36 Å². The van der Waals surface area contributed by atoms with Crippen LogP contribution in [-0.4, -0.2) is 9.55 Å². The summed E-state index contributed by atoms with van der Waals surface area (Å²) >= 11 is 3.19. The number of rotatable bonds is 7. The Bertz CT molecular complexity index is 1780. The molecule has 3 heterocycles. The predicted octanol–water partition coefficient (Wildman–Crippen LogP) is 7.02. The van der Waals surface area contributed by atoms with E-state index in [4.69, 9.17) is 9.40 Å². The molecule has 0 saturated carbocycles. The van der Waals surface area contributed by atoms with Gasteiger partial charge in [0.05, 0.1) is 5.39 Å². The normalized spacial score (nSPS) is 13.2. The first-order valence-corrected chi connectivity index (χ1v) is 15.0. The zero-order valence-electron chi connectivity index (χ0n) is 21.9. The second-order valence-electron chi connectivity index (χ2n) is 10.4. The maximum absolute atomic E-state index is 13.9. The molecule has 0 amide bonds. The lowest BCUT2D eigenvalue weighted by molar-refractivity contribution is 0.559. The van der Waals surface area contributed by atoms with Gasteiger partial charge in [0.25, 0.3) is 5.56 Å². The third-order valence-electron chi connectivity index (χ3n) is 7.45. The molecule has 7 heteroatoms. The third-order valence-corrected chi connectivity index (χ3v) is 9.66. The fourth-order valence-corrected chi connectivity index (χ4v) is 7.85. The van der Waals surface area contributed by atoms with Crippen molar-refractivity contribution in [2.45, 2.75) is 69.8 Å². The first kappa shape index (κ1) is 25.1. The molecule has 1 aliphatic rings. The maximum atomic E-state index is 13.9. The van der Waals surface area contributed by atoms with E-state index in [9.17, 15) is 9.59 Å². The second-order valence-corrected chi connectivity index (χ2v) is 12.4. The van der Waals surface area contributed by atoms with Crippen LogP contribution in [0.2, 0.25) is 0 Å².